The van der Waals surface area contributed by atoms with Crippen molar-refractivity contribution in [1.82, 2.24) is 0 Å². The molecule has 0 saturated carbocycles. The number of benzene rings is 2. The molecule has 2 aromatic carbocycles. The van der Waals surface area contributed by atoms with Crippen molar-refractivity contribution >= 4 is 37.6 Å². The molecular formula is C24H20Br2N2O4. The molecule has 0 unspecified atom stereocenters. The predicted molar refractivity (Wildman–Crippen MR) is 126 cm³/mol. The van der Waals surface area contributed by atoms with Crippen LogP contribution in [-0.2, 0) is 16.1 Å². The Labute approximate surface area is 202 Å². The Hall–Kier alpha value is -2.76. The second kappa shape index (κ2) is 9.39. The summed E-state index contributed by atoms with van der Waals surface area (Å²) in [5.74, 6) is 0.959. The van der Waals surface area contributed by atoms with Crippen LogP contribution >= 0.6 is 31.9 Å². The Kier molecular flexibility index (Phi) is 6.58. The summed E-state index contributed by atoms with van der Waals surface area (Å²) in [6.45, 7) is 0.358. The maximum absolute atomic E-state index is 12.8. The largest absolute Gasteiger partial charge is 0.493 e. The fourth-order valence-corrected chi connectivity index (χ4v) is 4.77. The molecule has 0 amide bonds. The van der Waals surface area contributed by atoms with Crippen LogP contribution in [-0.4, -0.2) is 12.9 Å². The molecule has 1 aliphatic heterocycles. The van der Waals surface area contributed by atoms with Crippen LogP contribution in [0.3, 0.4) is 0 Å². The fraction of sp³-hybridized carbons (Fsp3) is 0.250. The Morgan fingerprint density at radius 2 is 1.94 bits per heavy atom. The number of ether oxygens (including phenoxy) is 3. The molecule has 32 heavy (non-hydrogen) atoms. The fourth-order valence-electron chi connectivity index (χ4n) is 3.95. The van der Waals surface area contributed by atoms with Crippen molar-refractivity contribution in [3.63, 3.8) is 0 Å². The summed E-state index contributed by atoms with van der Waals surface area (Å²) >= 11 is 7.03. The number of carbonyl (C=O) groups is 1. The molecule has 2 aromatic rings. The van der Waals surface area contributed by atoms with Gasteiger partial charge in [-0.2, -0.15) is 5.26 Å². The minimum absolute atomic E-state index is 0.0297. The van der Waals surface area contributed by atoms with E-state index in [1.165, 1.54) is 0 Å². The van der Waals surface area contributed by atoms with Crippen molar-refractivity contribution in [2.24, 2.45) is 5.73 Å². The highest BCUT2D eigenvalue weighted by molar-refractivity contribution is 9.10. The quantitative estimate of drug-likeness (QED) is 0.511. The lowest BCUT2D eigenvalue weighted by Crippen LogP contribution is -2.27. The first-order valence-electron chi connectivity index (χ1n) is 10.0. The molecule has 0 spiro atoms. The van der Waals surface area contributed by atoms with Crippen LogP contribution in [0.5, 0.6) is 11.5 Å². The first-order chi connectivity index (χ1) is 15.4. The van der Waals surface area contributed by atoms with E-state index in [1.54, 1.807) is 19.2 Å². The van der Waals surface area contributed by atoms with Crippen molar-refractivity contribution in [2.75, 3.05) is 7.11 Å². The van der Waals surface area contributed by atoms with Crippen molar-refractivity contribution in [3.8, 4) is 17.6 Å². The molecule has 0 fully saturated rings. The minimum Gasteiger partial charge on any atom is -0.493 e. The van der Waals surface area contributed by atoms with E-state index in [1.807, 2.05) is 24.3 Å². The zero-order chi connectivity index (χ0) is 22.8. The van der Waals surface area contributed by atoms with Crippen LogP contribution in [0.1, 0.15) is 36.3 Å². The van der Waals surface area contributed by atoms with E-state index >= 15 is 0 Å². The second-order valence-corrected chi connectivity index (χ2v) is 9.25. The van der Waals surface area contributed by atoms with Crippen molar-refractivity contribution < 1.29 is 19.0 Å². The first-order valence-corrected chi connectivity index (χ1v) is 11.6. The van der Waals surface area contributed by atoms with Crippen LogP contribution in [0.15, 0.2) is 68.1 Å². The number of halogens is 2. The summed E-state index contributed by atoms with van der Waals surface area (Å²) in [7, 11) is 1.55. The van der Waals surface area contributed by atoms with Crippen LogP contribution in [0.2, 0.25) is 0 Å². The number of rotatable bonds is 5. The molecule has 4 rings (SSSR count). The number of nitrogens with two attached hydrogens (primary N) is 1. The summed E-state index contributed by atoms with van der Waals surface area (Å²) in [6.07, 6.45) is 1.73. The van der Waals surface area contributed by atoms with Gasteiger partial charge in [-0.15, -0.1) is 0 Å². The summed E-state index contributed by atoms with van der Waals surface area (Å²) < 4.78 is 18.9. The van der Waals surface area contributed by atoms with Gasteiger partial charge in [0.15, 0.2) is 17.3 Å². The smallest absolute Gasteiger partial charge is 0.205 e. The highest BCUT2D eigenvalue weighted by atomic mass is 79.9. The van der Waals surface area contributed by atoms with E-state index in [4.69, 9.17) is 19.9 Å². The zero-order valence-electron chi connectivity index (χ0n) is 17.3. The van der Waals surface area contributed by atoms with Gasteiger partial charge in [0.2, 0.25) is 5.88 Å². The average Bonchev–Trinajstić information content (AvgIpc) is 2.78. The molecule has 1 atom stereocenters. The SMILES string of the molecule is COc1cc([C@@H]2C(C#N)=C(N)OC3=C2C(=O)CCC3)c(Br)cc1OCc1ccc(Br)cc1. The number of allylic oxidation sites excluding steroid dienone is 3. The summed E-state index contributed by atoms with van der Waals surface area (Å²) in [5.41, 5.74) is 8.47. The topological polar surface area (TPSA) is 94.6 Å². The highest BCUT2D eigenvalue weighted by Gasteiger charge is 2.39. The van der Waals surface area contributed by atoms with Crippen LogP contribution < -0.4 is 15.2 Å². The molecule has 0 bridgehead atoms. The molecule has 8 heteroatoms. The van der Waals surface area contributed by atoms with Crippen molar-refractivity contribution in [2.45, 2.75) is 31.8 Å². The van der Waals surface area contributed by atoms with Gasteiger partial charge in [-0.25, -0.2) is 0 Å². The molecule has 164 valence electrons. The lowest BCUT2D eigenvalue weighted by atomic mass is 9.77. The standard InChI is InChI=1S/C24H20Br2N2O4/c1-30-20-9-15(17(26)10-21(20)31-12-13-5-7-14(25)8-6-13)22-16(11-27)24(28)32-19-4-2-3-18(29)23(19)22/h5-10,22H,2-4,12,28H2,1H3/t22-/m1/s1. The molecular weight excluding hydrogens is 540 g/mol. The average molecular weight is 560 g/mol. The van der Waals surface area contributed by atoms with Gasteiger partial charge in [0.05, 0.1) is 13.0 Å². The van der Waals surface area contributed by atoms with Gasteiger partial charge in [-0.1, -0.05) is 44.0 Å². The zero-order valence-corrected chi connectivity index (χ0v) is 20.5. The Morgan fingerprint density at radius 3 is 2.62 bits per heavy atom. The lowest BCUT2D eigenvalue weighted by molar-refractivity contribution is -0.116. The molecule has 0 saturated heterocycles. The van der Waals surface area contributed by atoms with Crippen molar-refractivity contribution in [1.29, 1.82) is 5.26 Å². The third-order valence-corrected chi connectivity index (χ3v) is 6.72. The highest BCUT2D eigenvalue weighted by Crippen LogP contribution is 2.47. The Bertz CT molecular complexity index is 1180. The number of hydrogen-bond donors (Lipinski definition) is 1. The van der Waals surface area contributed by atoms with Crippen LogP contribution in [0.25, 0.3) is 0 Å². The monoisotopic (exact) mass is 558 g/mol. The lowest BCUT2D eigenvalue weighted by Gasteiger charge is -2.31. The third kappa shape index (κ3) is 4.27. The van der Waals surface area contributed by atoms with Crippen molar-refractivity contribution in [3.05, 3.63) is 79.3 Å². The number of hydrogen-bond acceptors (Lipinski definition) is 6. The van der Waals surface area contributed by atoms with E-state index in [0.717, 1.165) is 10.0 Å². The number of Topliss-reactive ketones (excluding diaryl/α,β-unsaturated/α-hetero) is 1. The molecule has 2 aliphatic rings. The third-order valence-electron chi connectivity index (χ3n) is 5.51. The Morgan fingerprint density at radius 1 is 1.19 bits per heavy atom. The number of carbonyl (C=O) groups excluding carboxylic acids is 1. The van der Waals surface area contributed by atoms with Gasteiger partial charge in [0.1, 0.15) is 24.0 Å². The normalized spacial score (nSPS) is 18.1. The van der Waals surface area contributed by atoms with E-state index in [-0.39, 0.29) is 17.2 Å². The van der Waals surface area contributed by atoms with Crippen LogP contribution in [0, 0.1) is 11.3 Å². The van der Waals surface area contributed by atoms with E-state index in [0.29, 0.717) is 58.7 Å². The van der Waals surface area contributed by atoms with Crippen LogP contribution in [0.4, 0.5) is 0 Å². The predicted octanol–water partition coefficient (Wildman–Crippen LogP) is 5.61. The second-order valence-electron chi connectivity index (χ2n) is 7.48. The van der Waals surface area contributed by atoms with E-state index in [9.17, 15) is 10.1 Å². The number of methoxy groups -OCH3 is 1. The van der Waals surface area contributed by atoms with Gasteiger partial charge in [0.25, 0.3) is 0 Å². The maximum Gasteiger partial charge on any atom is 0.205 e. The van der Waals surface area contributed by atoms with E-state index in [2.05, 4.69) is 37.9 Å². The van der Waals surface area contributed by atoms with E-state index < -0.39 is 5.92 Å². The molecule has 0 aromatic heterocycles. The van der Waals surface area contributed by atoms with Gasteiger partial charge in [-0.3, -0.25) is 4.79 Å². The van der Waals surface area contributed by atoms with Gasteiger partial charge >= 0.3 is 0 Å². The summed E-state index contributed by atoms with van der Waals surface area (Å²) in [4.78, 5) is 12.8. The molecule has 1 aliphatic carbocycles. The van der Waals surface area contributed by atoms with Gasteiger partial charge in [0, 0.05) is 27.4 Å². The van der Waals surface area contributed by atoms with Gasteiger partial charge in [-0.05, 0) is 41.8 Å². The number of ketones is 1. The molecule has 0 radical (unpaired) electrons. The molecule has 2 N–H and O–H groups in total. The molecule has 6 nitrogen and oxygen atoms in total. The number of nitriles is 1. The maximum atomic E-state index is 12.8. The molecule has 1 heterocycles. The first kappa shape index (κ1) is 22.4. The number of nitrogens with zero attached hydrogens (tertiary/aromatic N) is 1. The summed E-state index contributed by atoms with van der Waals surface area (Å²) in [6, 6.07) is 13.6. The minimum atomic E-state index is -0.625. The Balaban J connectivity index is 1.73. The summed E-state index contributed by atoms with van der Waals surface area (Å²) in [5, 5.41) is 9.80. The van der Waals surface area contributed by atoms with Gasteiger partial charge < -0.3 is 19.9 Å².